The SMILES string of the molecule is CCCCCCCC/C=C\CCCCCCCCNCCCC(C(=O)O)[N+](C)(C)C. The molecule has 0 heterocycles. The zero-order valence-corrected chi connectivity index (χ0v) is 20.8. The fraction of sp³-hybridized carbons (Fsp3) is 0.885. The van der Waals surface area contributed by atoms with Gasteiger partial charge in [0, 0.05) is 6.42 Å². The molecule has 0 rings (SSSR count). The summed E-state index contributed by atoms with van der Waals surface area (Å²) in [7, 11) is 5.87. The van der Waals surface area contributed by atoms with Gasteiger partial charge in [0.25, 0.3) is 0 Å². The minimum absolute atomic E-state index is 0.308. The van der Waals surface area contributed by atoms with Crippen molar-refractivity contribution in [2.24, 2.45) is 0 Å². The Hall–Kier alpha value is -0.870. The number of hydrogen-bond acceptors (Lipinski definition) is 2. The van der Waals surface area contributed by atoms with Gasteiger partial charge in [0.15, 0.2) is 6.04 Å². The van der Waals surface area contributed by atoms with Gasteiger partial charge >= 0.3 is 5.97 Å². The molecule has 0 aliphatic heterocycles. The van der Waals surface area contributed by atoms with Crippen LogP contribution in [0.15, 0.2) is 12.2 Å². The fourth-order valence-corrected chi connectivity index (χ4v) is 3.89. The first-order valence-electron chi connectivity index (χ1n) is 12.8. The average molecular weight is 426 g/mol. The molecule has 0 aliphatic carbocycles. The highest BCUT2D eigenvalue weighted by molar-refractivity contribution is 5.72. The number of nitrogens with zero attached hydrogens (tertiary/aromatic N) is 1. The van der Waals surface area contributed by atoms with Gasteiger partial charge in [-0.25, -0.2) is 4.79 Å². The van der Waals surface area contributed by atoms with Crippen LogP contribution in [0, 0.1) is 0 Å². The van der Waals surface area contributed by atoms with Crippen LogP contribution in [0.1, 0.15) is 110 Å². The number of quaternary nitrogens is 1. The molecule has 0 saturated carbocycles. The van der Waals surface area contributed by atoms with E-state index in [1.807, 2.05) is 21.1 Å². The molecule has 0 saturated heterocycles. The summed E-state index contributed by atoms with van der Waals surface area (Å²) in [5.74, 6) is -0.684. The number of aliphatic carboxylic acids is 1. The molecule has 0 spiro atoms. The highest BCUT2D eigenvalue weighted by Gasteiger charge is 2.30. The summed E-state index contributed by atoms with van der Waals surface area (Å²) in [5, 5.41) is 12.8. The summed E-state index contributed by atoms with van der Waals surface area (Å²) in [4.78, 5) is 11.3. The van der Waals surface area contributed by atoms with E-state index in [1.165, 1.54) is 89.9 Å². The minimum atomic E-state index is -0.684. The van der Waals surface area contributed by atoms with Crippen molar-refractivity contribution in [2.45, 2.75) is 116 Å². The standard InChI is InChI=1S/C26H52N2O2/c1-5-6-7-8-9-10-11-12-13-14-15-16-17-18-19-20-23-27-24-21-22-25(26(29)30)28(2,3)4/h12-13,25,27H,5-11,14-24H2,1-4H3/p+1/b13-12-. The third-order valence-electron chi connectivity index (χ3n) is 5.92. The molecule has 1 unspecified atom stereocenters. The number of rotatable bonds is 22. The van der Waals surface area contributed by atoms with E-state index in [1.54, 1.807) is 0 Å². The summed E-state index contributed by atoms with van der Waals surface area (Å²) in [6.45, 7) is 4.26. The van der Waals surface area contributed by atoms with E-state index in [4.69, 9.17) is 0 Å². The fourth-order valence-electron chi connectivity index (χ4n) is 3.89. The van der Waals surface area contributed by atoms with Gasteiger partial charge in [-0.3, -0.25) is 0 Å². The molecule has 0 aliphatic rings. The Bertz CT molecular complexity index is 416. The van der Waals surface area contributed by atoms with Gasteiger partial charge in [-0.2, -0.15) is 0 Å². The minimum Gasteiger partial charge on any atom is -0.477 e. The second kappa shape index (κ2) is 20.1. The van der Waals surface area contributed by atoms with E-state index >= 15 is 0 Å². The van der Waals surface area contributed by atoms with E-state index < -0.39 is 5.97 Å². The van der Waals surface area contributed by atoms with Gasteiger partial charge in [-0.1, -0.05) is 76.9 Å². The number of nitrogens with one attached hydrogen (secondary N) is 1. The molecule has 178 valence electrons. The molecule has 0 amide bonds. The van der Waals surface area contributed by atoms with Crippen molar-refractivity contribution in [1.82, 2.24) is 5.32 Å². The zero-order chi connectivity index (χ0) is 22.5. The van der Waals surface area contributed by atoms with Gasteiger partial charge in [0.2, 0.25) is 0 Å². The average Bonchev–Trinajstić information content (AvgIpc) is 2.68. The Morgan fingerprint density at radius 1 is 0.767 bits per heavy atom. The molecule has 0 radical (unpaired) electrons. The van der Waals surface area contributed by atoms with Crippen LogP contribution in [0.4, 0.5) is 0 Å². The van der Waals surface area contributed by atoms with Crippen molar-refractivity contribution in [1.29, 1.82) is 0 Å². The summed E-state index contributed by atoms with van der Waals surface area (Å²) >= 11 is 0. The predicted molar refractivity (Wildman–Crippen MR) is 131 cm³/mol. The topological polar surface area (TPSA) is 49.3 Å². The first kappa shape index (κ1) is 29.1. The summed E-state index contributed by atoms with van der Waals surface area (Å²) in [6, 6.07) is -0.308. The van der Waals surface area contributed by atoms with Crippen LogP contribution in [-0.2, 0) is 4.79 Å². The number of allylic oxidation sites excluding steroid dienone is 2. The zero-order valence-electron chi connectivity index (χ0n) is 20.8. The molecule has 30 heavy (non-hydrogen) atoms. The molecular formula is C26H53N2O2+. The number of unbranched alkanes of at least 4 members (excludes halogenated alkanes) is 12. The molecule has 0 bridgehead atoms. The molecular weight excluding hydrogens is 372 g/mol. The van der Waals surface area contributed by atoms with Crippen molar-refractivity contribution < 1.29 is 14.4 Å². The first-order valence-corrected chi connectivity index (χ1v) is 12.8. The summed E-state index contributed by atoms with van der Waals surface area (Å²) in [5.41, 5.74) is 0. The maximum atomic E-state index is 11.3. The third-order valence-corrected chi connectivity index (χ3v) is 5.92. The smallest absolute Gasteiger partial charge is 0.362 e. The lowest BCUT2D eigenvalue weighted by atomic mass is 10.1. The molecule has 1 atom stereocenters. The number of carboxylic acid groups (broad SMARTS) is 1. The van der Waals surface area contributed by atoms with Crippen LogP contribution in [0.5, 0.6) is 0 Å². The maximum absolute atomic E-state index is 11.3. The highest BCUT2D eigenvalue weighted by atomic mass is 16.4. The molecule has 0 fully saturated rings. The normalized spacial score (nSPS) is 13.2. The van der Waals surface area contributed by atoms with Gasteiger partial charge in [-0.15, -0.1) is 0 Å². The largest absolute Gasteiger partial charge is 0.477 e. The molecule has 4 nitrogen and oxygen atoms in total. The van der Waals surface area contributed by atoms with Crippen molar-refractivity contribution in [3.63, 3.8) is 0 Å². The number of carboxylic acids is 1. The van der Waals surface area contributed by atoms with E-state index in [9.17, 15) is 9.90 Å². The monoisotopic (exact) mass is 425 g/mol. The predicted octanol–water partition coefficient (Wildman–Crippen LogP) is 6.55. The van der Waals surface area contributed by atoms with Crippen molar-refractivity contribution in [3.8, 4) is 0 Å². The van der Waals surface area contributed by atoms with Crippen LogP contribution in [0.3, 0.4) is 0 Å². The number of carbonyl (C=O) groups is 1. The first-order chi connectivity index (χ1) is 14.4. The van der Waals surface area contributed by atoms with Crippen molar-refractivity contribution in [3.05, 3.63) is 12.2 Å². The highest BCUT2D eigenvalue weighted by Crippen LogP contribution is 2.11. The van der Waals surface area contributed by atoms with Crippen LogP contribution in [0.2, 0.25) is 0 Å². The van der Waals surface area contributed by atoms with E-state index in [-0.39, 0.29) is 6.04 Å². The van der Waals surface area contributed by atoms with E-state index in [0.29, 0.717) is 4.48 Å². The molecule has 2 N–H and O–H groups in total. The maximum Gasteiger partial charge on any atom is 0.362 e. The number of hydrogen-bond donors (Lipinski definition) is 2. The lowest BCUT2D eigenvalue weighted by Crippen LogP contribution is -2.50. The Morgan fingerprint density at radius 2 is 1.23 bits per heavy atom. The lowest BCUT2D eigenvalue weighted by molar-refractivity contribution is -0.887. The Morgan fingerprint density at radius 3 is 1.73 bits per heavy atom. The third kappa shape index (κ3) is 19.1. The van der Waals surface area contributed by atoms with Crippen LogP contribution in [0.25, 0.3) is 0 Å². The second-order valence-corrected chi connectivity index (χ2v) is 9.80. The van der Waals surface area contributed by atoms with Gasteiger partial charge in [0.1, 0.15) is 0 Å². The summed E-state index contributed by atoms with van der Waals surface area (Å²) in [6.07, 6.45) is 25.2. The Balaban J connectivity index is 3.31. The number of likely N-dealkylation sites (N-methyl/N-ethyl adjacent to an activating group) is 1. The van der Waals surface area contributed by atoms with Crippen molar-refractivity contribution in [2.75, 3.05) is 34.2 Å². The van der Waals surface area contributed by atoms with Crippen molar-refractivity contribution >= 4 is 5.97 Å². The second-order valence-electron chi connectivity index (χ2n) is 9.80. The van der Waals surface area contributed by atoms with Gasteiger partial charge in [0.05, 0.1) is 21.1 Å². The Kier molecular flexibility index (Phi) is 19.5. The van der Waals surface area contributed by atoms with Crippen LogP contribution in [-0.4, -0.2) is 55.8 Å². The Labute approximate surface area is 188 Å². The van der Waals surface area contributed by atoms with Gasteiger partial charge < -0.3 is 14.9 Å². The molecule has 0 aromatic carbocycles. The molecule has 0 aromatic rings. The van der Waals surface area contributed by atoms with E-state index in [2.05, 4.69) is 24.4 Å². The van der Waals surface area contributed by atoms with Gasteiger partial charge in [-0.05, 0) is 51.6 Å². The summed E-state index contributed by atoms with van der Waals surface area (Å²) < 4.78 is 0.490. The lowest BCUT2D eigenvalue weighted by Gasteiger charge is -2.31. The van der Waals surface area contributed by atoms with E-state index in [0.717, 1.165) is 25.9 Å². The quantitative estimate of drug-likeness (QED) is 0.117. The van der Waals surface area contributed by atoms with Crippen LogP contribution < -0.4 is 5.32 Å². The molecule has 4 heteroatoms. The van der Waals surface area contributed by atoms with Crippen LogP contribution >= 0.6 is 0 Å². The molecule has 0 aromatic heterocycles.